The summed E-state index contributed by atoms with van der Waals surface area (Å²) in [6.45, 7) is 0. The molecule has 2 N–H and O–H groups in total. The van der Waals surface area contributed by atoms with Crippen molar-refractivity contribution in [2.24, 2.45) is 5.73 Å². The van der Waals surface area contributed by atoms with E-state index in [9.17, 15) is 18.9 Å². The van der Waals surface area contributed by atoms with Crippen LogP contribution >= 0.6 is 11.6 Å². The Bertz CT molecular complexity index is 679. The van der Waals surface area contributed by atoms with Crippen LogP contribution in [0.5, 0.6) is 0 Å². The highest BCUT2D eigenvalue weighted by Gasteiger charge is 2.16. The van der Waals surface area contributed by atoms with Crippen LogP contribution < -0.4 is 5.73 Å². The average molecular weight is 299 g/mol. The largest absolute Gasteiger partial charge is 0.320 e. The van der Waals surface area contributed by atoms with Gasteiger partial charge in [0, 0.05) is 17.2 Å². The van der Waals surface area contributed by atoms with Crippen molar-refractivity contribution in [3.63, 3.8) is 0 Å². The molecule has 0 aromatic heterocycles. The standard InChI is InChI=1S/C13H9ClF2N2O2/c14-9-3-8(4-10(6-9)18(19)20)13(17)7-1-2-11(15)12(16)5-7/h1-6,13H,17H2. The predicted molar refractivity (Wildman–Crippen MR) is 70.5 cm³/mol. The van der Waals surface area contributed by atoms with Gasteiger partial charge in [-0.3, -0.25) is 10.1 Å². The van der Waals surface area contributed by atoms with Gasteiger partial charge in [-0.15, -0.1) is 0 Å². The van der Waals surface area contributed by atoms with Crippen LogP contribution in [0.25, 0.3) is 0 Å². The molecule has 0 saturated heterocycles. The van der Waals surface area contributed by atoms with Gasteiger partial charge in [0.05, 0.1) is 11.0 Å². The fraction of sp³-hybridized carbons (Fsp3) is 0.0769. The lowest BCUT2D eigenvalue weighted by Crippen LogP contribution is -2.12. The molecule has 4 nitrogen and oxygen atoms in total. The highest BCUT2D eigenvalue weighted by atomic mass is 35.5. The first-order valence-corrected chi connectivity index (χ1v) is 5.91. The summed E-state index contributed by atoms with van der Waals surface area (Å²) >= 11 is 5.79. The molecule has 0 saturated carbocycles. The minimum absolute atomic E-state index is 0.146. The maximum atomic E-state index is 13.2. The third-order valence-electron chi connectivity index (χ3n) is 2.78. The summed E-state index contributed by atoms with van der Waals surface area (Å²) in [5, 5.41) is 10.9. The number of nitrogens with zero attached hydrogens (tertiary/aromatic N) is 1. The molecular weight excluding hydrogens is 290 g/mol. The van der Waals surface area contributed by atoms with Gasteiger partial charge in [-0.25, -0.2) is 8.78 Å². The molecule has 0 spiro atoms. The summed E-state index contributed by atoms with van der Waals surface area (Å²) in [7, 11) is 0. The minimum Gasteiger partial charge on any atom is -0.320 e. The zero-order valence-corrected chi connectivity index (χ0v) is 10.8. The molecule has 20 heavy (non-hydrogen) atoms. The molecule has 0 radical (unpaired) electrons. The molecule has 0 aliphatic carbocycles. The van der Waals surface area contributed by atoms with E-state index in [2.05, 4.69) is 0 Å². The van der Waals surface area contributed by atoms with Gasteiger partial charge in [0.15, 0.2) is 11.6 Å². The summed E-state index contributed by atoms with van der Waals surface area (Å²) in [5.74, 6) is -2.02. The van der Waals surface area contributed by atoms with E-state index in [1.54, 1.807) is 0 Å². The molecular formula is C13H9ClF2N2O2. The zero-order valence-electron chi connectivity index (χ0n) is 10.0. The third kappa shape index (κ3) is 2.92. The Morgan fingerprint density at radius 1 is 1.10 bits per heavy atom. The molecule has 1 unspecified atom stereocenters. The highest BCUT2D eigenvalue weighted by Crippen LogP contribution is 2.28. The summed E-state index contributed by atoms with van der Waals surface area (Å²) in [4.78, 5) is 10.2. The Kier molecular flexibility index (Phi) is 3.96. The van der Waals surface area contributed by atoms with Crippen molar-refractivity contribution in [3.05, 3.63) is 74.3 Å². The molecule has 1 atom stereocenters. The monoisotopic (exact) mass is 298 g/mol. The van der Waals surface area contributed by atoms with E-state index in [1.165, 1.54) is 24.3 Å². The van der Waals surface area contributed by atoms with Crippen molar-refractivity contribution in [2.45, 2.75) is 6.04 Å². The van der Waals surface area contributed by atoms with Crippen LogP contribution in [0.4, 0.5) is 14.5 Å². The van der Waals surface area contributed by atoms with Gasteiger partial charge in [-0.05, 0) is 29.3 Å². The number of hydrogen-bond donors (Lipinski definition) is 1. The van der Waals surface area contributed by atoms with E-state index in [0.717, 1.165) is 12.1 Å². The van der Waals surface area contributed by atoms with Gasteiger partial charge in [-0.2, -0.15) is 0 Å². The van der Waals surface area contributed by atoms with Crippen LogP contribution in [0, 0.1) is 21.7 Å². The average Bonchev–Trinajstić information content (AvgIpc) is 2.40. The first-order chi connectivity index (χ1) is 9.38. The summed E-state index contributed by atoms with van der Waals surface area (Å²) in [6.07, 6.45) is 0. The molecule has 0 bridgehead atoms. The quantitative estimate of drug-likeness (QED) is 0.695. The molecule has 2 aromatic carbocycles. The SMILES string of the molecule is NC(c1cc(Cl)cc([N+](=O)[O-])c1)c1ccc(F)c(F)c1. The van der Waals surface area contributed by atoms with Crippen molar-refractivity contribution < 1.29 is 13.7 Å². The van der Waals surface area contributed by atoms with Crippen molar-refractivity contribution in [3.8, 4) is 0 Å². The van der Waals surface area contributed by atoms with Gasteiger partial charge in [0.2, 0.25) is 0 Å². The second-order valence-electron chi connectivity index (χ2n) is 4.15. The van der Waals surface area contributed by atoms with Gasteiger partial charge in [-0.1, -0.05) is 17.7 Å². The normalized spacial score (nSPS) is 12.2. The number of rotatable bonds is 3. The lowest BCUT2D eigenvalue weighted by atomic mass is 9.99. The fourth-order valence-electron chi connectivity index (χ4n) is 1.78. The molecule has 0 amide bonds. The fourth-order valence-corrected chi connectivity index (χ4v) is 2.02. The number of nitrogens with two attached hydrogens (primary N) is 1. The minimum atomic E-state index is -1.03. The predicted octanol–water partition coefficient (Wildman–Crippen LogP) is 3.57. The van der Waals surface area contributed by atoms with E-state index in [4.69, 9.17) is 17.3 Å². The van der Waals surface area contributed by atoms with Crippen LogP contribution in [0.15, 0.2) is 36.4 Å². The summed E-state index contributed by atoms with van der Waals surface area (Å²) in [5.41, 5.74) is 6.32. The van der Waals surface area contributed by atoms with E-state index in [-0.39, 0.29) is 10.7 Å². The number of non-ortho nitro benzene ring substituents is 1. The Morgan fingerprint density at radius 3 is 2.40 bits per heavy atom. The molecule has 0 aliphatic heterocycles. The lowest BCUT2D eigenvalue weighted by molar-refractivity contribution is -0.384. The van der Waals surface area contributed by atoms with Crippen molar-refractivity contribution in [1.82, 2.24) is 0 Å². The Hall–Kier alpha value is -2.05. The maximum Gasteiger partial charge on any atom is 0.271 e. The van der Waals surface area contributed by atoms with E-state index in [1.807, 2.05) is 0 Å². The number of nitro benzene ring substituents is 1. The zero-order chi connectivity index (χ0) is 14.9. The number of halogens is 3. The van der Waals surface area contributed by atoms with E-state index in [0.29, 0.717) is 11.1 Å². The van der Waals surface area contributed by atoms with Crippen LogP contribution in [-0.2, 0) is 0 Å². The van der Waals surface area contributed by atoms with Crippen LogP contribution in [0.3, 0.4) is 0 Å². The molecule has 7 heteroatoms. The molecule has 2 aromatic rings. The Balaban J connectivity index is 2.44. The van der Waals surface area contributed by atoms with Gasteiger partial charge in [0.25, 0.3) is 5.69 Å². The topological polar surface area (TPSA) is 69.2 Å². The van der Waals surface area contributed by atoms with Gasteiger partial charge >= 0.3 is 0 Å². The molecule has 0 heterocycles. The van der Waals surface area contributed by atoms with E-state index < -0.39 is 22.6 Å². The third-order valence-corrected chi connectivity index (χ3v) is 3.00. The first kappa shape index (κ1) is 14.4. The number of benzene rings is 2. The molecule has 0 aliphatic rings. The first-order valence-electron chi connectivity index (χ1n) is 5.54. The number of nitro groups is 1. The highest BCUT2D eigenvalue weighted by molar-refractivity contribution is 6.30. The Morgan fingerprint density at radius 2 is 1.80 bits per heavy atom. The van der Waals surface area contributed by atoms with E-state index >= 15 is 0 Å². The maximum absolute atomic E-state index is 13.2. The molecule has 104 valence electrons. The second-order valence-corrected chi connectivity index (χ2v) is 4.59. The lowest BCUT2D eigenvalue weighted by Gasteiger charge is -2.13. The van der Waals surface area contributed by atoms with Crippen molar-refractivity contribution >= 4 is 17.3 Å². The van der Waals surface area contributed by atoms with Crippen molar-refractivity contribution in [1.29, 1.82) is 0 Å². The molecule has 2 rings (SSSR count). The van der Waals surface area contributed by atoms with Crippen molar-refractivity contribution in [2.75, 3.05) is 0 Å². The van der Waals surface area contributed by atoms with Gasteiger partial charge < -0.3 is 5.73 Å². The smallest absolute Gasteiger partial charge is 0.271 e. The second kappa shape index (κ2) is 5.52. The van der Waals surface area contributed by atoms with Crippen LogP contribution in [0.2, 0.25) is 5.02 Å². The Labute approximate surface area is 117 Å². The number of hydrogen-bond acceptors (Lipinski definition) is 3. The van der Waals surface area contributed by atoms with Gasteiger partial charge in [0.1, 0.15) is 0 Å². The summed E-state index contributed by atoms with van der Waals surface area (Å²) in [6, 6.07) is 6.25. The molecule has 0 fully saturated rings. The van der Waals surface area contributed by atoms with Crippen LogP contribution in [-0.4, -0.2) is 4.92 Å². The van der Waals surface area contributed by atoms with Crippen LogP contribution in [0.1, 0.15) is 17.2 Å². The summed E-state index contributed by atoms with van der Waals surface area (Å²) < 4.78 is 26.0.